The van der Waals surface area contributed by atoms with Gasteiger partial charge in [-0.25, -0.2) is 4.79 Å². The molecular formula is C16H20N4O4. The van der Waals surface area contributed by atoms with Gasteiger partial charge in [0, 0.05) is 26.6 Å². The first-order valence-electron chi connectivity index (χ1n) is 7.88. The summed E-state index contributed by atoms with van der Waals surface area (Å²) in [6.07, 6.45) is 0. The van der Waals surface area contributed by atoms with Crippen molar-refractivity contribution in [1.82, 2.24) is 19.8 Å². The molecule has 0 saturated carbocycles. The summed E-state index contributed by atoms with van der Waals surface area (Å²) in [7, 11) is 0. The fraction of sp³-hybridized carbons (Fsp3) is 0.438. The first-order valence-corrected chi connectivity index (χ1v) is 7.88. The molecule has 2 N–H and O–H groups in total. The van der Waals surface area contributed by atoms with Crippen LogP contribution in [0.3, 0.4) is 0 Å². The van der Waals surface area contributed by atoms with E-state index in [1.54, 1.807) is 4.57 Å². The molecule has 2 aromatic rings. The van der Waals surface area contributed by atoms with Gasteiger partial charge < -0.3 is 19.9 Å². The van der Waals surface area contributed by atoms with Crippen molar-refractivity contribution in [2.24, 2.45) is 0 Å². The zero-order valence-electron chi connectivity index (χ0n) is 13.4. The standard InChI is InChI=1S/C16H20N4O4/c1-11(21)19-8-9-24-10-14(19)15(22)17-6-7-20-13-5-3-2-4-12(13)18-16(20)23/h2-5,14H,6-10H2,1H3,(H,17,22)(H,18,23). The maximum absolute atomic E-state index is 12.3. The lowest BCUT2D eigenvalue weighted by molar-refractivity contribution is -0.146. The van der Waals surface area contributed by atoms with Crippen LogP contribution in [0.25, 0.3) is 11.0 Å². The summed E-state index contributed by atoms with van der Waals surface area (Å²) in [4.78, 5) is 40.2. The van der Waals surface area contributed by atoms with E-state index >= 15 is 0 Å². The van der Waals surface area contributed by atoms with Gasteiger partial charge in [0.05, 0.1) is 24.2 Å². The molecule has 1 aliphatic rings. The SMILES string of the molecule is CC(=O)N1CCOCC1C(=O)NCCn1c(=O)[nH]c2ccccc21. The molecule has 1 aromatic heterocycles. The van der Waals surface area contributed by atoms with Crippen LogP contribution < -0.4 is 11.0 Å². The minimum Gasteiger partial charge on any atom is -0.377 e. The summed E-state index contributed by atoms with van der Waals surface area (Å²) in [5, 5.41) is 2.78. The van der Waals surface area contributed by atoms with Crippen LogP contribution in [0, 0.1) is 0 Å². The van der Waals surface area contributed by atoms with Gasteiger partial charge in [-0.1, -0.05) is 12.1 Å². The summed E-state index contributed by atoms with van der Waals surface area (Å²) in [6.45, 7) is 3.13. The number of hydrogen-bond donors (Lipinski definition) is 2. The Balaban J connectivity index is 1.63. The van der Waals surface area contributed by atoms with E-state index in [0.29, 0.717) is 26.2 Å². The molecule has 1 fully saturated rings. The van der Waals surface area contributed by atoms with Gasteiger partial charge in [-0.05, 0) is 12.1 Å². The Morgan fingerprint density at radius 2 is 2.17 bits per heavy atom. The molecule has 1 unspecified atom stereocenters. The number of aromatic nitrogens is 2. The molecule has 128 valence electrons. The van der Waals surface area contributed by atoms with Crippen molar-refractivity contribution in [1.29, 1.82) is 0 Å². The Hall–Kier alpha value is -2.61. The normalized spacial score (nSPS) is 17.9. The maximum Gasteiger partial charge on any atom is 0.326 e. The van der Waals surface area contributed by atoms with E-state index in [4.69, 9.17) is 4.74 Å². The lowest BCUT2D eigenvalue weighted by Gasteiger charge is -2.33. The molecule has 0 aliphatic carbocycles. The van der Waals surface area contributed by atoms with Crippen molar-refractivity contribution >= 4 is 22.8 Å². The average molecular weight is 332 g/mol. The van der Waals surface area contributed by atoms with Crippen molar-refractivity contribution in [3.63, 3.8) is 0 Å². The van der Waals surface area contributed by atoms with Gasteiger partial charge in [0.2, 0.25) is 11.8 Å². The lowest BCUT2D eigenvalue weighted by atomic mass is 10.2. The Morgan fingerprint density at radius 3 is 2.96 bits per heavy atom. The van der Waals surface area contributed by atoms with Crippen LogP contribution in [0.15, 0.2) is 29.1 Å². The highest BCUT2D eigenvalue weighted by atomic mass is 16.5. The number of amides is 2. The number of nitrogens with one attached hydrogen (secondary N) is 2. The number of imidazole rings is 1. The number of H-pyrrole nitrogens is 1. The largest absolute Gasteiger partial charge is 0.377 e. The van der Waals surface area contributed by atoms with Gasteiger partial charge in [0.15, 0.2) is 0 Å². The molecule has 8 heteroatoms. The fourth-order valence-corrected chi connectivity index (χ4v) is 2.94. The highest BCUT2D eigenvalue weighted by molar-refractivity contribution is 5.87. The summed E-state index contributed by atoms with van der Waals surface area (Å²) in [6, 6.07) is 6.77. The van der Waals surface area contributed by atoms with E-state index in [-0.39, 0.29) is 24.1 Å². The summed E-state index contributed by atoms with van der Waals surface area (Å²) >= 11 is 0. The number of benzene rings is 1. The quantitative estimate of drug-likeness (QED) is 0.803. The number of para-hydroxylation sites is 2. The molecule has 3 rings (SSSR count). The van der Waals surface area contributed by atoms with Crippen LogP contribution in [-0.2, 0) is 20.9 Å². The Kier molecular flexibility index (Phi) is 4.66. The maximum atomic E-state index is 12.3. The van der Waals surface area contributed by atoms with Crippen molar-refractivity contribution in [3.8, 4) is 0 Å². The number of nitrogens with zero attached hydrogens (tertiary/aromatic N) is 2. The van der Waals surface area contributed by atoms with Gasteiger partial charge >= 0.3 is 5.69 Å². The van der Waals surface area contributed by atoms with Crippen molar-refractivity contribution in [3.05, 3.63) is 34.7 Å². The molecule has 1 aliphatic heterocycles. The predicted molar refractivity (Wildman–Crippen MR) is 87.6 cm³/mol. The van der Waals surface area contributed by atoms with E-state index in [0.717, 1.165) is 11.0 Å². The molecule has 8 nitrogen and oxygen atoms in total. The number of rotatable bonds is 4. The molecule has 1 aromatic carbocycles. The van der Waals surface area contributed by atoms with Gasteiger partial charge in [-0.15, -0.1) is 0 Å². The molecule has 1 saturated heterocycles. The highest BCUT2D eigenvalue weighted by Gasteiger charge is 2.30. The van der Waals surface area contributed by atoms with Crippen LogP contribution in [0.4, 0.5) is 0 Å². The van der Waals surface area contributed by atoms with E-state index in [1.807, 2.05) is 24.3 Å². The molecule has 0 radical (unpaired) electrons. The minimum absolute atomic E-state index is 0.147. The zero-order chi connectivity index (χ0) is 17.1. The zero-order valence-corrected chi connectivity index (χ0v) is 13.4. The molecule has 24 heavy (non-hydrogen) atoms. The number of carbonyl (C=O) groups excluding carboxylic acids is 2. The number of carbonyl (C=O) groups is 2. The van der Waals surface area contributed by atoms with Gasteiger partial charge in [-0.2, -0.15) is 0 Å². The Morgan fingerprint density at radius 1 is 1.38 bits per heavy atom. The average Bonchev–Trinajstić information content (AvgIpc) is 2.90. The molecular weight excluding hydrogens is 312 g/mol. The molecule has 0 bridgehead atoms. The second kappa shape index (κ2) is 6.88. The number of ether oxygens (including phenoxy) is 1. The van der Waals surface area contributed by atoms with E-state index in [1.165, 1.54) is 11.8 Å². The van der Waals surface area contributed by atoms with Crippen molar-refractivity contribution < 1.29 is 14.3 Å². The van der Waals surface area contributed by atoms with Crippen LogP contribution in [0.2, 0.25) is 0 Å². The molecule has 0 spiro atoms. The molecule has 2 heterocycles. The monoisotopic (exact) mass is 332 g/mol. The lowest BCUT2D eigenvalue weighted by Crippen LogP contribution is -2.55. The molecule has 2 amide bonds. The van der Waals surface area contributed by atoms with E-state index in [9.17, 15) is 14.4 Å². The second-order valence-electron chi connectivity index (χ2n) is 5.69. The Bertz CT molecular complexity index is 810. The van der Waals surface area contributed by atoms with Crippen LogP contribution in [0.5, 0.6) is 0 Å². The van der Waals surface area contributed by atoms with Crippen LogP contribution in [-0.4, -0.2) is 58.6 Å². The molecule has 1 atom stereocenters. The van der Waals surface area contributed by atoms with E-state index < -0.39 is 6.04 Å². The number of hydrogen-bond acceptors (Lipinski definition) is 4. The third-order valence-corrected chi connectivity index (χ3v) is 4.15. The van der Waals surface area contributed by atoms with Crippen LogP contribution >= 0.6 is 0 Å². The van der Waals surface area contributed by atoms with Crippen molar-refractivity contribution in [2.75, 3.05) is 26.3 Å². The van der Waals surface area contributed by atoms with Gasteiger partial charge in [-0.3, -0.25) is 14.2 Å². The fourth-order valence-electron chi connectivity index (χ4n) is 2.94. The number of fused-ring (bicyclic) bond motifs is 1. The highest BCUT2D eigenvalue weighted by Crippen LogP contribution is 2.09. The summed E-state index contributed by atoms with van der Waals surface area (Å²) in [5.74, 6) is -0.413. The third kappa shape index (κ3) is 3.18. The summed E-state index contributed by atoms with van der Waals surface area (Å²) in [5.41, 5.74) is 1.34. The number of morpholine rings is 1. The van der Waals surface area contributed by atoms with Gasteiger partial charge in [0.25, 0.3) is 0 Å². The second-order valence-corrected chi connectivity index (χ2v) is 5.69. The third-order valence-electron chi connectivity index (χ3n) is 4.15. The van der Waals surface area contributed by atoms with Gasteiger partial charge in [0.1, 0.15) is 6.04 Å². The summed E-state index contributed by atoms with van der Waals surface area (Å²) < 4.78 is 6.88. The number of aromatic amines is 1. The Labute approximate surface area is 138 Å². The topological polar surface area (TPSA) is 96.4 Å². The smallest absolute Gasteiger partial charge is 0.326 e. The first-order chi connectivity index (χ1) is 11.6. The van der Waals surface area contributed by atoms with Crippen molar-refractivity contribution in [2.45, 2.75) is 19.5 Å². The first kappa shape index (κ1) is 16.3. The van der Waals surface area contributed by atoms with Crippen LogP contribution in [0.1, 0.15) is 6.92 Å². The minimum atomic E-state index is -0.615. The van der Waals surface area contributed by atoms with E-state index in [2.05, 4.69) is 10.3 Å². The predicted octanol–water partition coefficient (Wildman–Crippen LogP) is -0.307.